The molecule has 0 unspecified atom stereocenters. The predicted molar refractivity (Wildman–Crippen MR) is 133 cm³/mol. The summed E-state index contributed by atoms with van der Waals surface area (Å²) in [6.07, 6.45) is 2.13. The molecule has 35 heavy (non-hydrogen) atoms. The molecule has 5 rings (SSSR count). The molecule has 0 N–H and O–H groups in total. The van der Waals surface area contributed by atoms with Crippen LogP contribution in [0.25, 0.3) is 11.1 Å². The molecule has 1 aliphatic rings. The number of benzene rings is 2. The highest BCUT2D eigenvalue weighted by Crippen LogP contribution is 2.32. The molecule has 1 aliphatic heterocycles. The molecule has 1 amide bonds. The third-order valence-corrected chi connectivity index (χ3v) is 6.65. The van der Waals surface area contributed by atoms with Crippen LogP contribution in [-0.4, -0.2) is 40.3 Å². The molecule has 8 nitrogen and oxygen atoms in total. The Morgan fingerprint density at radius 3 is 2.63 bits per heavy atom. The molecule has 0 saturated carbocycles. The SMILES string of the molecule is CON=C1C[C@@H](c2nc(CSCc3ccco3)no2)N(C(=O)c2ccc(-c3ccccc3)cc2)C1. The first kappa shape index (κ1) is 22.9. The number of aromatic nitrogens is 2. The van der Waals surface area contributed by atoms with Crippen LogP contribution in [0.4, 0.5) is 0 Å². The molecule has 0 aliphatic carbocycles. The number of thioether (sulfide) groups is 1. The van der Waals surface area contributed by atoms with Gasteiger partial charge >= 0.3 is 0 Å². The van der Waals surface area contributed by atoms with Crippen LogP contribution in [0.1, 0.15) is 40.3 Å². The first-order valence-corrected chi connectivity index (χ1v) is 12.3. The molecule has 178 valence electrons. The Kier molecular flexibility index (Phi) is 6.94. The van der Waals surface area contributed by atoms with Crippen molar-refractivity contribution in [1.82, 2.24) is 15.0 Å². The molecule has 1 atom stereocenters. The topological polar surface area (TPSA) is 94.0 Å². The maximum Gasteiger partial charge on any atom is 0.254 e. The summed E-state index contributed by atoms with van der Waals surface area (Å²) in [5, 5.41) is 8.20. The first-order chi connectivity index (χ1) is 17.2. The van der Waals surface area contributed by atoms with Crippen molar-refractivity contribution in [3.05, 3.63) is 96.0 Å². The van der Waals surface area contributed by atoms with Crippen LogP contribution < -0.4 is 0 Å². The maximum absolute atomic E-state index is 13.5. The summed E-state index contributed by atoms with van der Waals surface area (Å²) in [5.74, 6) is 3.04. The van der Waals surface area contributed by atoms with E-state index in [0.29, 0.717) is 41.7 Å². The lowest BCUT2D eigenvalue weighted by Gasteiger charge is -2.21. The zero-order valence-corrected chi connectivity index (χ0v) is 20.0. The van der Waals surface area contributed by atoms with Gasteiger partial charge in [0.2, 0.25) is 5.89 Å². The average molecular weight is 489 g/mol. The minimum atomic E-state index is -0.401. The number of hydrogen-bond donors (Lipinski definition) is 0. The number of rotatable bonds is 8. The van der Waals surface area contributed by atoms with Crippen LogP contribution in [0.3, 0.4) is 0 Å². The zero-order valence-electron chi connectivity index (χ0n) is 19.2. The van der Waals surface area contributed by atoms with Gasteiger partial charge in [0.1, 0.15) is 18.9 Å². The Balaban J connectivity index is 1.31. The fourth-order valence-electron chi connectivity index (χ4n) is 4.03. The van der Waals surface area contributed by atoms with E-state index in [-0.39, 0.29) is 5.91 Å². The summed E-state index contributed by atoms with van der Waals surface area (Å²) >= 11 is 1.63. The third kappa shape index (κ3) is 5.30. The summed E-state index contributed by atoms with van der Waals surface area (Å²) in [7, 11) is 1.50. The maximum atomic E-state index is 13.5. The molecule has 9 heteroatoms. The Bertz CT molecular complexity index is 1290. The number of carbonyl (C=O) groups excluding carboxylic acids is 1. The van der Waals surface area contributed by atoms with Crippen LogP contribution in [0.15, 0.2) is 87.1 Å². The highest BCUT2D eigenvalue weighted by atomic mass is 32.2. The molecule has 4 aromatic rings. The van der Waals surface area contributed by atoms with Gasteiger partial charge in [-0.3, -0.25) is 4.79 Å². The Morgan fingerprint density at radius 1 is 1.09 bits per heavy atom. The smallest absolute Gasteiger partial charge is 0.254 e. The summed E-state index contributed by atoms with van der Waals surface area (Å²) in [6, 6.07) is 21.1. The molecule has 2 aromatic heterocycles. The summed E-state index contributed by atoms with van der Waals surface area (Å²) < 4.78 is 10.9. The predicted octanol–water partition coefficient (Wildman–Crippen LogP) is 5.35. The molecule has 2 aromatic carbocycles. The number of furan rings is 1. The van der Waals surface area contributed by atoms with E-state index in [0.717, 1.165) is 22.6 Å². The molecular formula is C26H24N4O4S. The van der Waals surface area contributed by atoms with Gasteiger partial charge in [-0.1, -0.05) is 52.8 Å². The third-order valence-electron chi connectivity index (χ3n) is 5.70. The van der Waals surface area contributed by atoms with Crippen LogP contribution in [0, 0.1) is 0 Å². The molecule has 0 bridgehead atoms. The molecule has 0 spiro atoms. The molecule has 0 radical (unpaired) electrons. The van der Waals surface area contributed by atoms with Gasteiger partial charge in [0, 0.05) is 12.0 Å². The van der Waals surface area contributed by atoms with E-state index < -0.39 is 6.04 Å². The Hall–Kier alpha value is -3.85. The fourth-order valence-corrected chi connectivity index (χ4v) is 4.80. The van der Waals surface area contributed by atoms with Gasteiger partial charge in [0.15, 0.2) is 5.82 Å². The average Bonchev–Trinajstić information content (AvgIpc) is 3.66. The highest BCUT2D eigenvalue weighted by Gasteiger charge is 2.38. The minimum absolute atomic E-state index is 0.122. The van der Waals surface area contributed by atoms with Crippen molar-refractivity contribution in [1.29, 1.82) is 0 Å². The van der Waals surface area contributed by atoms with Crippen LogP contribution >= 0.6 is 11.8 Å². The summed E-state index contributed by atoms with van der Waals surface area (Å²) in [4.78, 5) is 24.7. The second-order valence-corrected chi connectivity index (χ2v) is 9.04. The van der Waals surface area contributed by atoms with Crippen molar-refractivity contribution in [3.8, 4) is 11.1 Å². The van der Waals surface area contributed by atoms with E-state index in [1.165, 1.54) is 7.11 Å². The quantitative estimate of drug-likeness (QED) is 0.309. The van der Waals surface area contributed by atoms with Crippen molar-refractivity contribution < 1.29 is 18.6 Å². The second kappa shape index (κ2) is 10.6. The standard InChI is InChI=1S/C26H24N4O4S/c1-32-28-21-14-23(25-27-24(29-34-25)17-35-16-22-8-5-13-33-22)30(15-21)26(31)20-11-9-19(10-12-20)18-6-3-2-4-7-18/h2-13,23H,14-17H2,1H3/t23-/m0/s1. The van der Waals surface area contributed by atoms with E-state index in [2.05, 4.69) is 15.3 Å². The number of hydrogen-bond acceptors (Lipinski definition) is 8. The van der Waals surface area contributed by atoms with Crippen LogP contribution in [-0.2, 0) is 16.3 Å². The van der Waals surface area contributed by atoms with Crippen molar-refractivity contribution in [2.24, 2.45) is 5.16 Å². The first-order valence-electron chi connectivity index (χ1n) is 11.2. The van der Waals surface area contributed by atoms with Gasteiger partial charge in [0.25, 0.3) is 5.91 Å². The summed E-state index contributed by atoms with van der Waals surface area (Å²) in [6.45, 7) is 0.336. The van der Waals surface area contributed by atoms with E-state index >= 15 is 0 Å². The number of likely N-dealkylation sites (tertiary alicyclic amines) is 1. The van der Waals surface area contributed by atoms with Gasteiger partial charge in [-0.25, -0.2) is 0 Å². The number of amides is 1. The van der Waals surface area contributed by atoms with E-state index in [1.807, 2.05) is 66.7 Å². The van der Waals surface area contributed by atoms with Crippen molar-refractivity contribution in [2.75, 3.05) is 13.7 Å². The van der Waals surface area contributed by atoms with Crippen LogP contribution in [0.2, 0.25) is 0 Å². The Morgan fingerprint density at radius 2 is 1.89 bits per heavy atom. The van der Waals surface area contributed by atoms with Gasteiger partial charge < -0.3 is 18.7 Å². The monoisotopic (exact) mass is 488 g/mol. The highest BCUT2D eigenvalue weighted by molar-refractivity contribution is 7.97. The summed E-state index contributed by atoms with van der Waals surface area (Å²) in [5.41, 5.74) is 3.49. The minimum Gasteiger partial charge on any atom is -0.468 e. The van der Waals surface area contributed by atoms with Gasteiger partial charge in [0.05, 0.1) is 30.0 Å². The van der Waals surface area contributed by atoms with E-state index in [4.69, 9.17) is 13.8 Å². The second-order valence-electron chi connectivity index (χ2n) is 8.06. The number of nitrogens with zero attached hydrogens (tertiary/aromatic N) is 4. The molecule has 1 saturated heterocycles. The number of carbonyl (C=O) groups is 1. The van der Waals surface area contributed by atoms with Gasteiger partial charge in [-0.15, -0.1) is 11.8 Å². The van der Waals surface area contributed by atoms with Gasteiger partial charge in [-0.2, -0.15) is 4.98 Å². The lowest BCUT2D eigenvalue weighted by molar-refractivity contribution is 0.0713. The fraction of sp³-hybridized carbons (Fsp3) is 0.231. The largest absolute Gasteiger partial charge is 0.468 e. The van der Waals surface area contributed by atoms with Crippen LogP contribution in [0.5, 0.6) is 0 Å². The van der Waals surface area contributed by atoms with Crippen molar-refractivity contribution >= 4 is 23.4 Å². The Labute approximate surface area is 207 Å². The van der Waals surface area contributed by atoms with Crippen molar-refractivity contribution in [3.63, 3.8) is 0 Å². The van der Waals surface area contributed by atoms with E-state index in [9.17, 15) is 4.79 Å². The van der Waals surface area contributed by atoms with Gasteiger partial charge in [-0.05, 0) is 35.4 Å². The molecule has 1 fully saturated rings. The lowest BCUT2D eigenvalue weighted by atomic mass is 10.0. The molecule has 3 heterocycles. The normalized spacial score (nSPS) is 16.7. The zero-order chi connectivity index (χ0) is 24.0. The molecular weight excluding hydrogens is 464 g/mol. The van der Waals surface area contributed by atoms with E-state index in [1.54, 1.807) is 22.9 Å². The number of oxime groups is 1. The lowest BCUT2D eigenvalue weighted by Crippen LogP contribution is -2.31. The van der Waals surface area contributed by atoms with Crippen molar-refractivity contribution in [2.45, 2.75) is 24.0 Å².